The molecule has 2 heterocycles. The van der Waals surface area contributed by atoms with Crippen molar-refractivity contribution in [2.24, 2.45) is 0 Å². The first-order valence-electron chi connectivity index (χ1n) is 7.36. The van der Waals surface area contributed by atoms with Crippen molar-refractivity contribution in [3.63, 3.8) is 0 Å². The van der Waals surface area contributed by atoms with E-state index >= 15 is 0 Å². The molecule has 19 heavy (non-hydrogen) atoms. The van der Waals surface area contributed by atoms with Crippen molar-refractivity contribution in [2.75, 3.05) is 18.0 Å². The second kappa shape index (κ2) is 5.59. The number of nitrogens with one attached hydrogen (secondary N) is 1. The number of hydrogen-bond acceptors (Lipinski definition) is 3. The molecular formula is C15H21N3O. The van der Waals surface area contributed by atoms with Gasteiger partial charge in [0, 0.05) is 19.1 Å². The van der Waals surface area contributed by atoms with Crippen molar-refractivity contribution in [2.45, 2.75) is 44.6 Å². The van der Waals surface area contributed by atoms with E-state index in [9.17, 15) is 4.79 Å². The Morgan fingerprint density at radius 2 is 1.89 bits per heavy atom. The van der Waals surface area contributed by atoms with E-state index in [1.165, 1.54) is 25.7 Å². The van der Waals surface area contributed by atoms with Crippen LogP contribution in [0, 0.1) is 0 Å². The Balaban J connectivity index is 1.69. The fourth-order valence-electron chi connectivity index (χ4n) is 3.00. The van der Waals surface area contributed by atoms with Crippen LogP contribution in [0.2, 0.25) is 0 Å². The van der Waals surface area contributed by atoms with Crippen LogP contribution in [-0.4, -0.2) is 30.0 Å². The molecule has 0 unspecified atom stereocenters. The first-order valence-corrected chi connectivity index (χ1v) is 7.36. The maximum Gasteiger partial charge on any atom is 0.270 e. The van der Waals surface area contributed by atoms with Crippen LogP contribution < -0.4 is 10.2 Å². The molecular weight excluding hydrogens is 238 g/mol. The molecule has 102 valence electrons. The highest BCUT2D eigenvalue weighted by Crippen LogP contribution is 2.20. The molecule has 4 nitrogen and oxygen atoms in total. The van der Waals surface area contributed by atoms with Crippen LogP contribution in [0.15, 0.2) is 18.2 Å². The van der Waals surface area contributed by atoms with Crippen LogP contribution in [0.5, 0.6) is 0 Å². The van der Waals surface area contributed by atoms with Gasteiger partial charge in [-0.3, -0.25) is 4.79 Å². The first-order chi connectivity index (χ1) is 9.33. The third-order valence-corrected chi connectivity index (χ3v) is 4.09. The molecule has 1 N–H and O–H groups in total. The number of pyridine rings is 1. The smallest absolute Gasteiger partial charge is 0.270 e. The Bertz CT molecular complexity index is 448. The van der Waals surface area contributed by atoms with Crippen LogP contribution in [-0.2, 0) is 0 Å². The van der Waals surface area contributed by atoms with Gasteiger partial charge in [0.05, 0.1) is 0 Å². The van der Waals surface area contributed by atoms with Crippen LogP contribution in [0.3, 0.4) is 0 Å². The molecule has 1 aromatic rings. The summed E-state index contributed by atoms with van der Waals surface area (Å²) < 4.78 is 0. The molecule has 3 rings (SSSR count). The fourth-order valence-corrected chi connectivity index (χ4v) is 3.00. The van der Waals surface area contributed by atoms with E-state index in [0.717, 1.165) is 31.7 Å². The Morgan fingerprint density at radius 1 is 1.16 bits per heavy atom. The minimum absolute atomic E-state index is 0.0204. The van der Waals surface area contributed by atoms with E-state index in [-0.39, 0.29) is 5.91 Å². The zero-order valence-electron chi connectivity index (χ0n) is 11.3. The molecule has 1 saturated carbocycles. The van der Waals surface area contributed by atoms with Gasteiger partial charge < -0.3 is 10.2 Å². The molecule has 0 radical (unpaired) electrons. The number of nitrogens with zero attached hydrogens (tertiary/aromatic N) is 2. The van der Waals surface area contributed by atoms with Crippen LogP contribution >= 0.6 is 0 Å². The lowest BCUT2D eigenvalue weighted by Gasteiger charge is -2.17. The van der Waals surface area contributed by atoms with Gasteiger partial charge in [-0.25, -0.2) is 4.98 Å². The highest BCUT2D eigenvalue weighted by atomic mass is 16.1. The largest absolute Gasteiger partial charge is 0.357 e. The summed E-state index contributed by atoms with van der Waals surface area (Å²) >= 11 is 0. The van der Waals surface area contributed by atoms with E-state index in [1.54, 1.807) is 0 Å². The third kappa shape index (κ3) is 2.88. The second-order valence-corrected chi connectivity index (χ2v) is 5.53. The number of hydrogen-bond donors (Lipinski definition) is 1. The first kappa shape index (κ1) is 12.5. The van der Waals surface area contributed by atoms with E-state index in [2.05, 4.69) is 15.2 Å². The number of amides is 1. The van der Waals surface area contributed by atoms with Gasteiger partial charge >= 0.3 is 0 Å². The summed E-state index contributed by atoms with van der Waals surface area (Å²) in [4.78, 5) is 18.9. The summed E-state index contributed by atoms with van der Waals surface area (Å²) in [5, 5.41) is 3.09. The minimum atomic E-state index is -0.0204. The molecule has 1 aliphatic carbocycles. The van der Waals surface area contributed by atoms with E-state index < -0.39 is 0 Å². The Labute approximate surface area is 114 Å². The number of aromatic nitrogens is 1. The quantitative estimate of drug-likeness (QED) is 0.906. The molecule has 1 aliphatic heterocycles. The summed E-state index contributed by atoms with van der Waals surface area (Å²) in [5.74, 6) is 0.921. The predicted molar refractivity (Wildman–Crippen MR) is 75.4 cm³/mol. The highest BCUT2D eigenvalue weighted by Gasteiger charge is 2.20. The van der Waals surface area contributed by atoms with E-state index in [0.29, 0.717) is 11.7 Å². The lowest BCUT2D eigenvalue weighted by Crippen LogP contribution is -2.33. The molecule has 2 fully saturated rings. The maximum absolute atomic E-state index is 12.2. The summed E-state index contributed by atoms with van der Waals surface area (Å²) in [6, 6.07) is 6.09. The summed E-state index contributed by atoms with van der Waals surface area (Å²) in [6.45, 7) is 2.11. The van der Waals surface area contributed by atoms with Gasteiger partial charge in [-0.2, -0.15) is 0 Å². The van der Waals surface area contributed by atoms with Gasteiger partial charge in [0.2, 0.25) is 0 Å². The summed E-state index contributed by atoms with van der Waals surface area (Å²) in [6.07, 6.45) is 7.12. The Hall–Kier alpha value is -1.58. The van der Waals surface area contributed by atoms with E-state index in [1.807, 2.05) is 18.2 Å². The summed E-state index contributed by atoms with van der Waals surface area (Å²) in [7, 11) is 0. The average molecular weight is 259 g/mol. The van der Waals surface area contributed by atoms with Crippen LogP contribution in [0.25, 0.3) is 0 Å². The third-order valence-electron chi connectivity index (χ3n) is 4.09. The monoisotopic (exact) mass is 259 g/mol. The van der Waals surface area contributed by atoms with Crippen molar-refractivity contribution in [3.8, 4) is 0 Å². The molecule has 1 aromatic heterocycles. The Morgan fingerprint density at radius 3 is 2.63 bits per heavy atom. The molecule has 4 heteroatoms. The van der Waals surface area contributed by atoms with Gasteiger partial charge in [-0.1, -0.05) is 18.9 Å². The van der Waals surface area contributed by atoms with Gasteiger partial charge in [0.25, 0.3) is 5.91 Å². The van der Waals surface area contributed by atoms with Crippen molar-refractivity contribution < 1.29 is 4.79 Å². The van der Waals surface area contributed by atoms with Crippen molar-refractivity contribution in [1.29, 1.82) is 0 Å². The lowest BCUT2D eigenvalue weighted by atomic mass is 10.2. The van der Waals surface area contributed by atoms with Crippen molar-refractivity contribution >= 4 is 11.7 Å². The fraction of sp³-hybridized carbons (Fsp3) is 0.600. The van der Waals surface area contributed by atoms with E-state index in [4.69, 9.17) is 0 Å². The standard InChI is InChI=1S/C15H21N3O/c19-15(16-12-6-1-2-7-12)13-8-5-9-14(17-13)18-10-3-4-11-18/h5,8-9,12H,1-4,6-7,10-11H2,(H,16,19). The van der Waals surface area contributed by atoms with Gasteiger partial charge in [0.1, 0.15) is 11.5 Å². The molecule has 0 bridgehead atoms. The number of rotatable bonds is 3. The molecule has 2 aliphatic rings. The summed E-state index contributed by atoms with van der Waals surface area (Å²) in [5.41, 5.74) is 0.552. The molecule has 1 saturated heterocycles. The van der Waals surface area contributed by atoms with Gasteiger partial charge in [-0.15, -0.1) is 0 Å². The minimum Gasteiger partial charge on any atom is -0.357 e. The number of anilines is 1. The zero-order chi connectivity index (χ0) is 13.1. The van der Waals surface area contributed by atoms with Gasteiger partial charge in [0.15, 0.2) is 0 Å². The van der Waals surface area contributed by atoms with Gasteiger partial charge in [-0.05, 0) is 37.8 Å². The number of carbonyl (C=O) groups is 1. The second-order valence-electron chi connectivity index (χ2n) is 5.53. The zero-order valence-corrected chi connectivity index (χ0v) is 11.3. The maximum atomic E-state index is 12.2. The SMILES string of the molecule is O=C(NC1CCCC1)c1cccc(N2CCCC2)n1. The molecule has 0 atom stereocenters. The highest BCUT2D eigenvalue weighted by molar-refractivity contribution is 5.92. The number of carbonyl (C=O) groups excluding carboxylic acids is 1. The van der Waals surface area contributed by atoms with Crippen molar-refractivity contribution in [1.82, 2.24) is 10.3 Å². The predicted octanol–water partition coefficient (Wildman–Crippen LogP) is 2.35. The van der Waals surface area contributed by atoms with Crippen molar-refractivity contribution in [3.05, 3.63) is 23.9 Å². The average Bonchev–Trinajstić information content (AvgIpc) is 3.12. The molecule has 1 amide bonds. The van der Waals surface area contributed by atoms with Crippen LogP contribution in [0.4, 0.5) is 5.82 Å². The topological polar surface area (TPSA) is 45.2 Å². The Kier molecular flexibility index (Phi) is 3.67. The molecule has 0 aromatic carbocycles. The molecule has 0 spiro atoms. The lowest BCUT2D eigenvalue weighted by molar-refractivity contribution is 0.0933. The van der Waals surface area contributed by atoms with Crippen LogP contribution in [0.1, 0.15) is 49.0 Å². The normalized spacial score (nSPS) is 19.9.